The van der Waals surface area contributed by atoms with Gasteiger partial charge in [-0.15, -0.1) is 11.3 Å². The number of hydrazone groups is 1. The Kier molecular flexibility index (Phi) is 3.43. The lowest BCUT2D eigenvalue weighted by Gasteiger charge is -2.52. The first-order chi connectivity index (χ1) is 14.2. The summed E-state index contributed by atoms with van der Waals surface area (Å²) in [5.74, 6) is 1.07. The molecule has 0 N–H and O–H groups in total. The van der Waals surface area contributed by atoms with Crippen molar-refractivity contribution in [3.05, 3.63) is 77.7 Å². The zero-order valence-electron chi connectivity index (χ0n) is 16.7. The van der Waals surface area contributed by atoms with Gasteiger partial charge in [-0.3, -0.25) is 4.90 Å². The Morgan fingerprint density at radius 3 is 2.38 bits per heavy atom. The first kappa shape index (κ1) is 17.0. The van der Waals surface area contributed by atoms with E-state index in [1.165, 1.54) is 38.5 Å². The Labute approximate surface area is 175 Å². The smallest absolute Gasteiger partial charge is 0.163 e. The number of amidine groups is 1. The Bertz CT molecular complexity index is 1170. The maximum atomic E-state index is 5.25. The molecular weight excluding hydrogens is 374 g/mol. The minimum absolute atomic E-state index is 0.0624. The molecule has 29 heavy (non-hydrogen) atoms. The van der Waals surface area contributed by atoms with E-state index in [4.69, 9.17) is 5.10 Å². The molecule has 2 aromatic carbocycles. The van der Waals surface area contributed by atoms with E-state index in [2.05, 4.69) is 90.3 Å². The summed E-state index contributed by atoms with van der Waals surface area (Å²) < 4.78 is 0. The number of fused-ring (bicyclic) bond motifs is 3. The van der Waals surface area contributed by atoms with Crippen molar-refractivity contribution in [1.29, 1.82) is 0 Å². The van der Waals surface area contributed by atoms with Crippen LogP contribution in [-0.4, -0.2) is 12.0 Å². The van der Waals surface area contributed by atoms with Gasteiger partial charge in [0.1, 0.15) is 11.2 Å². The summed E-state index contributed by atoms with van der Waals surface area (Å²) in [5.41, 5.74) is 7.51. The third-order valence-corrected chi connectivity index (χ3v) is 7.91. The van der Waals surface area contributed by atoms with Gasteiger partial charge in [0.15, 0.2) is 5.84 Å². The van der Waals surface area contributed by atoms with Crippen molar-refractivity contribution in [2.75, 3.05) is 9.91 Å². The molecule has 4 heterocycles. The molecule has 1 atom stereocenters. The third-order valence-electron chi connectivity index (χ3n) is 7.06. The van der Waals surface area contributed by atoms with Crippen molar-refractivity contribution in [2.24, 2.45) is 10.5 Å². The van der Waals surface area contributed by atoms with Gasteiger partial charge in [0.05, 0.1) is 5.69 Å². The largest absolute Gasteiger partial charge is 0.299 e. The molecule has 1 unspecified atom stereocenters. The van der Waals surface area contributed by atoms with Crippen molar-refractivity contribution in [3.63, 3.8) is 0 Å². The van der Waals surface area contributed by atoms with Crippen molar-refractivity contribution in [2.45, 2.75) is 32.9 Å². The number of nitrogens with zero attached hydrogens (tertiary/aromatic N) is 3. The van der Waals surface area contributed by atoms with Gasteiger partial charge in [-0.05, 0) is 41.5 Å². The second-order valence-corrected chi connectivity index (χ2v) is 8.98. The second kappa shape index (κ2) is 5.83. The van der Waals surface area contributed by atoms with Crippen molar-refractivity contribution < 1.29 is 0 Å². The highest BCUT2D eigenvalue weighted by Crippen LogP contribution is 2.60. The molecule has 3 nitrogen and oxygen atoms in total. The number of hydrogen-bond acceptors (Lipinski definition) is 4. The summed E-state index contributed by atoms with van der Waals surface area (Å²) in [6.07, 6.45) is 2.17. The predicted octanol–water partition coefficient (Wildman–Crippen LogP) is 6.58. The molecular formula is C25H23N3S. The van der Waals surface area contributed by atoms with Crippen molar-refractivity contribution >= 4 is 33.4 Å². The summed E-state index contributed by atoms with van der Waals surface area (Å²) >= 11 is 1.75. The molecule has 0 saturated carbocycles. The highest BCUT2D eigenvalue weighted by Gasteiger charge is 2.56. The number of hydrogen-bond donors (Lipinski definition) is 0. The molecule has 0 bridgehead atoms. The van der Waals surface area contributed by atoms with E-state index in [0.29, 0.717) is 0 Å². The fourth-order valence-electron chi connectivity index (χ4n) is 5.54. The van der Waals surface area contributed by atoms with Crippen molar-refractivity contribution in [3.8, 4) is 11.1 Å². The van der Waals surface area contributed by atoms with Crippen LogP contribution in [0.4, 0.5) is 10.7 Å². The van der Waals surface area contributed by atoms with Gasteiger partial charge in [-0.1, -0.05) is 62.9 Å². The molecule has 3 aliphatic rings. The number of thiophene rings is 1. The monoisotopic (exact) mass is 397 g/mol. The maximum absolute atomic E-state index is 5.25. The molecule has 4 heteroatoms. The third kappa shape index (κ3) is 1.95. The minimum Gasteiger partial charge on any atom is -0.299 e. The fourth-order valence-corrected chi connectivity index (χ4v) is 6.24. The van der Waals surface area contributed by atoms with Gasteiger partial charge < -0.3 is 0 Å². The first-order valence-corrected chi connectivity index (χ1v) is 11.2. The summed E-state index contributed by atoms with van der Waals surface area (Å²) in [6, 6.07) is 19.6. The molecule has 0 saturated heterocycles. The number of benzene rings is 2. The highest BCUT2D eigenvalue weighted by atomic mass is 32.1. The zero-order chi connectivity index (χ0) is 19.8. The summed E-state index contributed by atoms with van der Waals surface area (Å²) in [5, 5.41) is 10.8. The van der Waals surface area contributed by atoms with Gasteiger partial charge in [-0.25, -0.2) is 5.01 Å². The van der Waals surface area contributed by atoms with E-state index in [-0.39, 0.29) is 11.6 Å². The highest BCUT2D eigenvalue weighted by molar-refractivity contribution is 7.14. The van der Waals surface area contributed by atoms with E-state index in [1.54, 1.807) is 11.3 Å². The van der Waals surface area contributed by atoms with Crippen molar-refractivity contribution in [1.82, 2.24) is 0 Å². The van der Waals surface area contributed by atoms with E-state index in [9.17, 15) is 0 Å². The average Bonchev–Trinajstić information content (AvgIpc) is 3.43. The van der Waals surface area contributed by atoms with Crippen LogP contribution in [0.5, 0.6) is 0 Å². The van der Waals surface area contributed by atoms with Crippen LogP contribution >= 0.6 is 11.3 Å². The normalized spacial score (nSPS) is 20.4. The van der Waals surface area contributed by atoms with Crippen LogP contribution in [-0.2, 0) is 0 Å². The molecule has 3 aliphatic heterocycles. The van der Waals surface area contributed by atoms with Gasteiger partial charge >= 0.3 is 0 Å². The molecule has 3 aromatic rings. The van der Waals surface area contributed by atoms with E-state index < -0.39 is 0 Å². The van der Waals surface area contributed by atoms with Crippen LogP contribution in [0.3, 0.4) is 0 Å². The molecule has 144 valence electrons. The minimum atomic E-state index is -0.0624. The quantitative estimate of drug-likeness (QED) is 0.497. The number of rotatable bonds is 3. The average molecular weight is 398 g/mol. The van der Waals surface area contributed by atoms with Crippen LogP contribution < -0.4 is 9.91 Å². The van der Waals surface area contributed by atoms with Gasteiger partial charge in [0.25, 0.3) is 0 Å². The van der Waals surface area contributed by atoms with E-state index in [1.807, 2.05) is 0 Å². The molecule has 0 aliphatic carbocycles. The summed E-state index contributed by atoms with van der Waals surface area (Å²) in [4.78, 5) is 2.51. The molecule has 0 amide bonds. The Morgan fingerprint density at radius 2 is 1.66 bits per heavy atom. The van der Waals surface area contributed by atoms with Gasteiger partial charge in [0, 0.05) is 22.1 Å². The Balaban J connectivity index is 1.73. The first-order valence-electron chi connectivity index (χ1n) is 10.3. The molecule has 0 spiro atoms. The van der Waals surface area contributed by atoms with Gasteiger partial charge in [0.2, 0.25) is 0 Å². The number of anilines is 2. The molecule has 0 fully saturated rings. The zero-order valence-corrected chi connectivity index (χ0v) is 17.5. The second-order valence-electron chi connectivity index (χ2n) is 8.05. The summed E-state index contributed by atoms with van der Waals surface area (Å²) in [7, 11) is 0. The lowest BCUT2D eigenvalue weighted by Crippen LogP contribution is -2.57. The van der Waals surface area contributed by atoms with Crippen LogP contribution in [0, 0.1) is 5.41 Å². The SMILES string of the molecule is C=C1c2cccc3c2N2C(=NN(c4cccs4)C2C1(CC)CC)c1ccccc1-3. The van der Waals surface area contributed by atoms with E-state index in [0.717, 1.165) is 18.7 Å². The topological polar surface area (TPSA) is 18.8 Å². The van der Waals surface area contributed by atoms with Crippen LogP contribution in [0.25, 0.3) is 16.7 Å². The molecule has 1 aromatic heterocycles. The lowest BCUT2D eigenvalue weighted by molar-refractivity contribution is 0.289. The van der Waals surface area contributed by atoms with Gasteiger partial charge in [-0.2, -0.15) is 5.10 Å². The molecule has 6 rings (SSSR count). The Morgan fingerprint density at radius 1 is 0.931 bits per heavy atom. The van der Waals surface area contributed by atoms with Crippen LogP contribution in [0.1, 0.15) is 37.8 Å². The maximum Gasteiger partial charge on any atom is 0.163 e. The summed E-state index contributed by atoms with van der Waals surface area (Å²) in [6.45, 7) is 9.27. The Hall–Kier alpha value is -2.85. The van der Waals surface area contributed by atoms with Crippen LogP contribution in [0.2, 0.25) is 0 Å². The van der Waals surface area contributed by atoms with E-state index >= 15 is 0 Å². The van der Waals surface area contributed by atoms with Crippen LogP contribution in [0.15, 0.2) is 71.7 Å². The number of para-hydroxylation sites is 1. The predicted molar refractivity (Wildman–Crippen MR) is 124 cm³/mol. The molecule has 0 radical (unpaired) electrons. The lowest BCUT2D eigenvalue weighted by atomic mass is 9.66. The fraction of sp³-hybridized carbons (Fsp3) is 0.240. The standard InChI is InChI=1S/C25H23N3S/c1-4-25(5-2)16(3)17-12-8-13-19-18-10-6-7-11-20(18)23-26-28(21-14-9-15-29-21)24(25)27(23)22(17)19/h6-15,24H,3-5H2,1-2H3.